The normalized spacial score (nSPS) is 12.6. The van der Waals surface area contributed by atoms with Crippen molar-refractivity contribution in [1.82, 2.24) is 19.0 Å². The Kier molecular flexibility index (Phi) is 4.11. The molecule has 1 unspecified atom stereocenters. The van der Waals surface area contributed by atoms with Crippen LogP contribution in [0.5, 0.6) is 0 Å². The summed E-state index contributed by atoms with van der Waals surface area (Å²) in [5.74, 6) is -0.339. The lowest BCUT2D eigenvalue weighted by Crippen LogP contribution is -2.23. The van der Waals surface area contributed by atoms with Crippen molar-refractivity contribution < 1.29 is 4.39 Å². The third-order valence-electron chi connectivity index (χ3n) is 2.33. The smallest absolute Gasteiger partial charge is 0.141 e. The molecule has 17 heavy (non-hydrogen) atoms. The summed E-state index contributed by atoms with van der Waals surface area (Å²) in [5, 5.41) is 3.31. The van der Waals surface area contributed by atoms with Crippen LogP contribution in [0.3, 0.4) is 0 Å². The van der Waals surface area contributed by atoms with Crippen LogP contribution in [0.25, 0.3) is 0 Å². The Hall–Kier alpha value is -1.40. The molecule has 0 fully saturated rings. The quantitative estimate of drug-likeness (QED) is 0.886. The molecule has 6 heteroatoms. The molecular formula is C11H13FN4S. The van der Waals surface area contributed by atoms with Gasteiger partial charge in [0.15, 0.2) is 0 Å². The summed E-state index contributed by atoms with van der Waals surface area (Å²) in [6.45, 7) is 2.91. The van der Waals surface area contributed by atoms with E-state index < -0.39 is 0 Å². The third-order valence-corrected chi connectivity index (χ3v) is 2.82. The Morgan fingerprint density at radius 2 is 2.29 bits per heavy atom. The molecule has 0 amide bonds. The maximum atomic E-state index is 13.2. The van der Waals surface area contributed by atoms with E-state index in [-0.39, 0.29) is 11.9 Å². The van der Waals surface area contributed by atoms with E-state index in [9.17, 15) is 4.39 Å². The third kappa shape index (κ3) is 3.04. The van der Waals surface area contributed by atoms with E-state index in [1.54, 1.807) is 12.4 Å². The van der Waals surface area contributed by atoms with Crippen molar-refractivity contribution in [1.29, 1.82) is 0 Å². The second-order valence-electron chi connectivity index (χ2n) is 3.66. The summed E-state index contributed by atoms with van der Waals surface area (Å²) in [7, 11) is 0. The molecule has 1 atom stereocenters. The van der Waals surface area contributed by atoms with Crippen molar-refractivity contribution >= 4 is 11.7 Å². The summed E-state index contributed by atoms with van der Waals surface area (Å²) in [6.07, 6.45) is 5.54. The number of nitrogens with zero attached hydrogens (tertiary/aromatic N) is 3. The minimum Gasteiger partial charge on any atom is -0.305 e. The van der Waals surface area contributed by atoms with Crippen molar-refractivity contribution in [2.45, 2.75) is 19.4 Å². The van der Waals surface area contributed by atoms with Crippen molar-refractivity contribution in [2.75, 3.05) is 6.54 Å². The van der Waals surface area contributed by atoms with E-state index in [1.807, 2.05) is 0 Å². The van der Waals surface area contributed by atoms with Gasteiger partial charge in [0.25, 0.3) is 0 Å². The van der Waals surface area contributed by atoms with Crippen molar-refractivity contribution in [2.24, 2.45) is 0 Å². The van der Waals surface area contributed by atoms with E-state index >= 15 is 0 Å². The minimum absolute atomic E-state index is 0.142. The number of halogens is 1. The highest BCUT2D eigenvalue weighted by atomic mass is 32.1. The standard InChI is InChI=1S/C11H13FN4S/c1-2-3-14-11(10-7-15-17-16-10)8-4-9(12)6-13-5-8/h4-7,11,14H,2-3H2,1H3. The fraction of sp³-hybridized carbons (Fsp3) is 0.364. The highest BCUT2D eigenvalue weighted by Gasteiger charge is 2.16. The van der Waals surface area contributed by atoms with Crippen LogP contribution < -0.4 is 5.32 Å². The summed E-state index contributed by atoms with van der Waals surface area (Å²) in [4.78, 5) is 3.86. The largest absolute Gasteiger partial charge is 0.305 e. The fourth-order valence-corrected chi connectivity index (χ4v) is 2.02. The topological polar surface area (TPSA) is 50.7 Å². The number of hydrogen-bond donors (Lipinski definition) is 1. The molecule has 0 aromatic carbocycles. The maximum absolute atomic E-state index is 13.2. The number of hydrogen-bond acceptors (Lipinski definition) is 5. The Bertz CT molecular complexity index is 460. The predicted molar refractivity (Wildman–Crippen MR) is 64.2 cm³/mol. The number of aromatic nitrogens is 3. The Morgan fingerprint density at radius 1 is 1.41 bits per heavy atom. The summed E-state index contributed by atoms with van der Waals surface area (Å²) < 4.78 is 21.3. The lowest BCUT2D eigenvalue weighted by molar-refractivity contribution is 0.574. The summed E-state index contributed by atoms with van der Waals surface area (Å²) in [5.41, 5.74) is 1.57. The average Bonchev–Trinajstić information content (AvgIpc) is 2.83. The van der Waals surface area contributed by atoms with E-state index in [0.29, 0.717) is 0 Å². The lowest BCUT2D eigenvalue weighted by Gasteiger charge is -2.15. The molecule has 2 heterocycles. The highest BCUT2D eigenvalue weighted by Crippen LogP contribution is 2.20. The van der Waals surface area contributed by atoms with Crippen LogP contribution in [0.15, 0.2) is 24.7 Å². The molecule has 0 aliphatic rings. The fourth-order valence-electron chi connectivity index (χ4n) is 1.57. The van der Waals surface area contributed by atoms with Crippen LogP contribution in [0.1, 0.15) is 30.6 Å². The minimum atomic E-state index is -0.339. The van der Waals surface area contributed by atoms with Gasteiger partial charge in [-0.15, -0.1) is 0 Å². The van der Waals surface area contributed by atoms with E-state index in [1.165, 1.54) is 12.3 Å². The van der Waals surface area contributed by atoms with Gasteiger partial charge in [0, 0.05) is 6.20 Å². The second-order valence-corrected chi connectivity index (χ2v) is 4.21. The van der Waals surface area contributed by atoms with Gasteiger partial charge in [0.1, 0.15) is 5.82 Å². The van der Waals surface area contributed by atoms with Gasteiger partial charge < -0.3 is 5.32 Å². The van der Waals surface area contributed by atoms with Gasteiger partial charge in [-0.3, -0.25) is 4.98 Å². The van der Waals surface area contributed by atoms with Gasteiger partial charge in [0.05, 0.1) is 35.9 Å². The van der Waals surface area contributed by atoms with Gasteiger partial charge >= 0.3 is 0 Å². The zero-order chi connectivity index (χ0) is 12.1. The van der Waals surface area contributed by atoms with E-state index in [4.69, 9.17) is 0 Å². The first-order valence-electron chi connectivity index (χ1n) is 5.42. The molecular weight excluding hydrogens is 239 g/mol. The molecule has 90 valence electrons. The Balaban J connectivity index is 2.27. The van der Waals surface area contributed by atoms with Crippen molar-refractivity contribution in [3.63, 3.8) is 0 Å². The van der Waals surface area contributed by atoms with Crippen LogP contribution in [-0.4, -0.2) is 20.3 Å². The zero-order valence-electron chi connectivity index (χ0n) is 9.43. The summed E-state index contributed by atoms with van der Waals surface area (Å²) >= 11 is 1.15. The summed E-state index contributed by atoms with van der Waals surface area (Å²) in [6, 6.07) is 1.33. The molecule has 0 spiro atoms. The van der Waals surface area contributed by atoms with Gasteiger partial charge in [-0.1, -0.05) is 6.92 Å². The van der Waals surface area contributed by atoms with Crippen LogP contribution >= 0.6 is 11.7 Å². The molecule has 1 N–H and O–H groups in total. The van der Waals surface area contributed by atoms with Gasteiger partial charge in [0.2, 0.25) is 0 Å². The molecule has 0 radical (unpaired) electrons. The first-order chi connectivity index (χ1) is 8.31. The second kappa shape index (κ2) is 5.79. The molecule has 0 saturated carbocycles. The molecule has 0 aliphatic heterocycles. The monoisotopic (exact) mass is 252 g/mol. The number of pyridine rings is 1. The predicted octanol–water partition coefficient (Wildman–Crippen LogP) is 2.16. The number of nitrogens with one attached hydrogen (secondary N) is 1. The van der Waals surface area contributed by atoms with Crippen molar-refractivity contribution in [3.8, 4) is 0 Å². The van der Waals surface area contributed by atoms with Crippen LogP contribution in [0, 0.1) is 5.82 Å². The molecule has 0 saturated heterocycles. The van der Waals surface area contributed by atoms with Crippen LogP contribution in [0.2, 0.25) is 0 Å². The van der Waals surface area contributed by atoms with Crippen LogP contribution in [-0.2, 0) is 0 Å². The molecule has 2 aromatic heterocycles. The van der Waals surface area contributed by atoms with Gasteiger partial charge in [-0.2, -0.15) is 8.75 Å². The number of rotatable bonds is 5. The Labute approximate surface area is 103 Å². The lowest BCUT2D eigenvalue weighted by atomic mass is 10.1. The molecule has 2 rings (SSSR count). The Morgan fingerprint density at radius 3 is 2.94 bits per heavy atom. The van der Waals surface area contributed by atoms with Crippen LogP contribution in [0.4, 0.5) is 4.39 Å². The first-order valence-corrected chi connectivity index (χ1v) is 6.15. The highest BCUT2D eigenvalue weighted by molar-refractivity contribution is 6.99. The maximum Gasteiger partial charge on any atom is 0.141 e. The molecule has 4 nitrogen and oxygen atoms in total. The van der Waals surface area contributed by atoms with E-state index in [2.05, 4.69) is 26.0 Å². The first kappa shape index (κ1) is 12.1. The molecule has 0 aliphatic carbocycles. The zero-order valence-corrected chi connectivity index (χ0v) is 10.2. The average molecular weight is 252 g/mol. The molecule has 0 bridgehead atoms. The van der Waals surface area contributed by atoms with Gasteiger partial charge in [-0.25, -0.2) is 4.39 Å². The molecule has 2 aromatic rings. The SMILES string of the molecule is CCCNC(c1cncc(F)c1)c1cnsn1. The van der Waals surface area contributed by atoms with Crippen molar-refractivity contribution in [3.05, 3.63) is 41.7 Å². The van der Waals surface area contributed by atoms with E-state index in [0.717, 1.165) is 36.0 Å². The van der Waals surface area contributed by atoms with Gasteiger partial charge in [-0.05, 0) is 24.6 Å².